The molecule has 0 amide bonds. The fraction of sp³-hybridized carbons (Fsp3) is 0.333. The molecule has 2 aromatic rings. The Balaban J connectivity index is 1.69. The van der Waals surface area contributed by atoms with Crippen LogP contribution in [-0.2, 0) is 0 Å². The average molecular weight is 333 g/mol. The first-order valence-corrected chi connectivity index (χ1v) is 8.03. The molecular formula is C18H21ClN2O2. The molecule has 1 aliphatic heterocycles. The zero-order valence-electron chi connectivity index (χ0n) is 13.4. The molecule has 2 N–H and O–H groups in total. The number of anilines is 2. The summed E-state index contributed by atoms with van der Waals surface area (Å²) in [6.45, 7) is 6.28. The highest BCUT2D eigenvalue weighted by atomic mass is 35.5. The van der Waals surface area contributed by atoms with Gasteiger partial charge in [-0.15, -0.1) is 0 Å². The molecule has 3 rings (SSSR count). The SMILES string of the molecule is CC1(C)CN(CCOc2ccc(Cl)cc2)c2cc(N)ccc2O1. The van der Waals surface area contributed by atoms with Gasteiger partial charge in [-0.2, -0.15) is 0 Å². The molecule has 4 nitrogen and oxygen atoms in total. The summed E-state index contributed by atoms with van der Waals surface area (Å²) in [4.78, 5) is 2.26. The molecule has 0 fully saturated rings. The van der Waals surface area contributed by atoms with E-state index in [0.29, 0.717) is 11.6 Å². The summed E-state index contributed by atoms with van der Waals surface area (Å²) in [5.41, 5.74) is 7.42. The van der Waals surface area contributed by atoms with Gasteiger partial charge in [0.1, 0.15) is 23.7 Å². The van der Waals surface area contributed by atoms with Crippen molar-refractivity contribution in [3.63, 3.8) is 0 Å². The second kappa shape index (κ2) is 6.20. The zero-order valence-corrected chi connectivity index (χ0v) is 14.1. The van der Waals surface area contributed by atoms with Gasteiger partial charge in [-0.1, -0.05) is 11.6 Å². The third-order valence-corrected chi connectivity index (χ3v) is 3.98. The maximum absolute atomic E-state index is 6.03. The number of nitrogen functional groups attached to an aromatic ring is 1. The highest BCUT2D eigenvalue weighted by Crippen LogP contribution is 2.38. The van der Waals surface area contributed by atoms with Crippen LogP contribution in [0.3, 0.4) is 0 Å². The van der Waals surface area contributed by atoms with Crippen LogP contribution in [0.5, 0.6) is 11.5 Å². The van der Waals surface area contributed by atoms with E-state index in [1.807, 2.05) is 42.5 Å². The molecule has 1 aliphatic rings. The lowest BCUT2D eigenvalue weighted by Crippen LogP contribution is -2.48. The van der Waals surface area contributed by atoms with Crippen molar-refractivity contribution in [2.24, 2.45) is 0 Å². The van der Waals surface area contributed by atoms with Crippen LogP contribution in [0.1, 0.15) is 13.8 Å². The van der Waals surface area contributed by atoms with Gasteiger partial charge in [0.2, 0.25) is 0 Å². The normalized spacial score (nSPS) is 15.7. The van der Waals surface area contributed by atoms with Crippen LogP contribution >= 0.6 is 11.6 Å². The minimum absolute atomic E-state index is 0.247. The quantitative estimate of drug-likeness (QED) is 0.860. The summed E-state index contributed by atoms with van der Waals surface area (Å²) in [5.74, 6) is 1.68. The topological polar surface area (TPSA) is 47.7 Å². The Morgan fingerprint density at radius 2 is 1.96 bits per heavy atom. The van der Waals surface area contributed by atoms with Crippen molar-refractivity contribution in [1.82, 2.24) is 0 Å². The molecule has 122 valence electrons. The van der Waals surface area contributed by atoms with Gasteiger partial charge in [0.05, 0.1) is 18.8 Å². The van der Waals surface area contributed by atoms with Crippen LogP contribution in [-0.4, -0.2) is 25.3 Å². The molecule has 0 aromatic heterocycles. The number of hydrogen-bond donors (Lipinski definition) is 1. The first-order valence-electron chi connectivity index (χ1n) is 7.65. The summed E-state index contributed by atoms with van der Waals surface area (Å²) >= 11 is 5.88. The smallest absolute Gasteiger partial charge is 0.143 e. The van der Waals surface area contributed by atoms with E-state index in [-0.39, 0.29) is 5.60 Å². The van der Waals surface area contributed by atoms with Gasteiger partial charge in [-0.25, -0.2) is 0 Å². The largest absolute Gasteiger partial charge is 0.492 e. The minimum Gasteiger partial charge on any atom is -0.492 e. The molecular weight excluding hydrogens is 312 g/mol. The summed E-state index contributed by atoms with van der Waals surface area (Å²) in [6.07, 6.45) is 0. The van der Waals surface area contributed by atoms with Gasteiger partial charge in [-0.3, -0.25) is 0 Å². The van der Waals surface area contributed by atoms with E-state index in [4.69, 9.17) is 26.8 Å². The average Bonchev–Trinajstić information content (AvgIpc) is 2.49. The summed E-state index contributed by atoms with van der Waals surface area (Å²) in [6, 6.07) is 13.1. The molecule has 1 heterocycles. The number of benzene rings is 2. The second-order valence-corrected chi connectivity index (χ2v) is 6.75. The third-order valence-electron chi connectivity index (χ3n) is 3.73. The number of fused-ring (bicyclic) bond motifs is 1. The first kappa shape index (κ1) is 15.8. The molecule has 5 heteroatoms. The minimum atomic E-state index is -0.247. The Morgan fingerprint density at radius 3 is 2.70 bits per heavy atom. The van der Waals surface area contributed by atoms with E-state index in [1.165, 1.54) is 0 Å². The maximum Gasteiger partial charge on any atom is 0.143 e. The highest BCUT2D eigenvalue weighted by Gasteiger charge is 2.31. The standard InChI is InChI=1S/C18H21ClN2O2/c1-18(2)12-21(16-11-14(20)5-8-17(16)23-18)9-10-22-15-6-3-13(19)4-7-15/h3-8,11H,9-10,12,20H2,1-2H3. The Labute approximate surface area is 141 Å². The van der Waals surface area contributed by atoms with Crippen LogP contribution in [0, 0.1) is 0 Å². The molecule has 0 bridgehead atoms. The number of hydrogen-bond acceptors (Lipinski definition) is 4. The summed E-state index contributed by atoms with van der Waals surface area (Å²) in [7, 11) is 0. The van der Waals surface area contributed by atoms with Crippen LogP contribution in [0.15, 0.2) is 42.5 Å². The zero-order chi connectivity index (χ0) is 16.4. The maximum atomic E-state index is 6.03. The molecule has 0 saturated heterocycles. The van der Waals surface area contributed by atoms with E-state index in [2.05, 4.69) is 18.7 Å². The monoisotopic (exact) mass is 332 g/mol. The Kier molecular flexibility index (Phi) is 4.26. The van der Waals surface area contributed by atoms with Gasteiger partial charge in [0.15, 0.2) is 0 Å². The highest BCUT2D eigenvalue weighted by molar-refractivity contribution is 6.30. The first-order chi connectivity index (χ1) is 10.9. The van der Waals surface area contributed by atoms with E-state index < -0.39 is 0 Å². The van der Waals surface area contributed by atoms with Gasteiger partial charge < -0.3 is 20.1 Å². The fourth-order valence-corrected chi connectivity index (χ4v) is 2.87. The summed E-state index contributed by atoms with van der Waals surface area (Å²) in [5, 5.41) is 0.705. The number of halogens is 1. The number of nitrogens with two attached hydrogens (primary N) is 1. The predicted octanol–water partition coefficient (Wildman–Crippen LogP) is 3.98. The van der Waals surface area contributed by atoms with Gasteiger partial charge in [0, 0.05) is 10.7 Å². The lowest BCUT2D eigenvalue weighted by molar-refractivity contribution is 0.104. The third kappa shape index (κ3) is 3.82. The van der Waals surface area contributed by atoms with E-state index in [1.54, 1.807) is 0 Å². The summed E-state index contributed by atoms with van der Waals surface area (Å²) < 4.78 is 11.8. The van der Waals surface area contributed by atoms with Crippen molar-refractivity contribution in [2.45, 2.75) is 19.4 Å². The van der Waals surface area contributed by atoms with Crippen molar-refractivity contribution >= 4 is 23.0 Å². The molecule has 0 spiro atoms. The molecule has 0 saturated carbocycles. The van der Waals surface area contributed by atoms with Gasteiger partial charge >= 0.3 is 0 Å². The van der Waals surface area contributed by atoms with E-state index >= 15 is 0 Å². The Hall–Kier alpha value is -2.07. The van der Waals surface area contributed by atoms with Crippen molar-refractivity contribution in [1.29, 1.82) is 0 Å². The van der Waals surface area contributed by atoms with Crippen LogP contribution in [0.4, 0.5) is 11.4 Å². The fourth-order valence-electron chi connectivity index (χ4n) is 2.75. The molecule has 0 aliphatic carbocycles. The molecule has 2 aromatic carbocycles. The van der Waals surface area contributed by atoms with Crippen LogP contribution in [0.2, 0.25) is 5.02 Å². The number of rotatable bonds is 4. The lowest BCUT2D eigenvalue weighted by atomic mass is 10.0. The van der Waals surface area contributed by atoms with Crippen molar-refractivity contribution in [3.8, 4) is 11.5 Å². The van der Waals surface area contributed by atoms with Crippen LogP contribution < -0.4 is 20.1 Å². The lowest BCUT2D eigenvalue weighted by Gasteiger charge is -2.41. The predicted molar refractivity (Wildman–Crippen MR) is 94.7 cm³/mol. The number of nitrogens with zero attached hydrogens (tertiary/aromatic N) is 1. The van der Waals surface area contributed by atoms with Crippen molar-refractivity contribution in [2.75, 3.05) is 30.3 Å². The Bertz CT molecular complexity index is 686. The Morgan fingerprint density at radius 1 is 1.22 bits per heavy atom. The van der Waals surface area contributed by atoms with Gasteiger partial charge in [0.25, 0.3) is 0 Å². The van der Waals surface area contributed by atoms with E-state index in [9.17, 15) is 0 Å². The van der Waals surface area contributed by atoms with Gasteiger partial charge in [-0.05, 0) is 56.3 Å². The second-order valence-electron chi connectivity index (χ2n) is 6.31. The van der Waals surface area contributed by atoms with E-state index in [0.717, 1.165) is 36.0 Å². The van der Waals surface area contributed by atoms with Crippen LogP contribution in [0.25, 0.3) is 0 Å². The molecule has 0 atom stereocenters. The van der Waals surface area contributed by atoms with Crippen molar-refractivity contribution in [3.05, 3.63) is 47.5 Å². The number of ether oxygens (including phenoxy) is 2. The molecule has 23 heavy (non-hydrogen) atoms. The molecule has 0 unspecified atom stereocenters. The van der Waals surface area contributed by atoms with Crippen molar-refractivity contribution < 1.29 is 9.47 Å². The molecule has 0 radical (unpaired) electrons.